The van der Waals surface area contributed by atoms with Crippen LogP contribution in [0, 0.1) is 12.8 Å². The van der Waals surface area contributed by atoms with E-state index >= 15 is 0 Å². The van der Waals surface area contributed by atoms with Crippen molar-refractivity contribution in [3.8, 4) is 17.1 Å². The molecule has 0 bridgehead atoms. The van der Waals surface area contributed by atoms with E-state index in [1.807, 2.05) is 31.2 Å². The number of ether oxygens (including phenoxy) is 1. The summed E-state index contributed by atoms with van der Waals surface area (Å²) >= 11 is 6.39. The molecule has 1 atom stereocenters. The lowest BCUT2D eigenvalue weighted by Gasteiger charge is -2.10. The van der Waals surface area contributed by atoms with Gasteiger partial charge < -0.3 is 9.72 Å². The highest BCUT2D eigenvalue weighted by atomic mass is 35.5. The zero-order valence-corrected chi connectivity index (χ0v) is 12.5. The van der Waals surface area contributed by atoms with Gasteiger partial charge in [0.15, 0.2) is 0 Å². The van der Waals surface area contributed by atoms with E-state index in [0.717, 1.165) is 28.5 Å². The molecule has 1 aromatic heterocycles. The number of alkyl halides is 1. The molecule has 3 nitrogen and oxygen atoms in total. The molecule has 0 fully saturated rings. The number of hydrogen-bond acceptors (Lipinski definition) is 2. The van der Waals surface area contributed by atoms with Gasteiger partial charge in [0.05, 0.1) is 18.2 Å². The van der Waals surface area contributed by atoms with Crippen LogP contribution in [-0.2, 0) is 0 Å². The van der Waals surface area contributed by atoms with Crippen molar-refractivity contribution in [2.24, 2.45) is 5.92 Å². The summed E-state index contributed by atoms with van der Waals surface area (Å²) in [6.07, 6.45) is 0. The molecule has 0 aliphatic rings. The van der Waals surface area contributed by atoms with Gasteiger partial charge in [-0.3, -0.25) is 0 Å². The monoisotopic (exact) mass is 278 g/mol. The molecule has 2 rings (SSSR count). The summed E-state index contributed by atoms with van der Waals surface area (Å²) in [5.74, 6) is 2.04. The topological polar surface area (TPSA) is 37.9 Å². The van der Waals surface area contributed by atoms with E-state index in [9.17, 15) is 0 Å². The van der Waals surface area contributed by atoms with Crippen molar-refractivity contribution in [2.75, 3.05) is 7.11 Å². The number of aromatic amines is 1. The molecule has 0 aliphatic carbocycles. The minimum Gasteiger partial charge on any atom is -0.497 e. The minimum absolute atomic E-state index is 0.0664. The average molecular weight is 279 g/mol. The third-order valence-corrected chi connectivity index (χ3v) is 3.84. The first-order valence-corrected chi connectivity index (χ1v) is 6.81. The molecule has 19 heavy (non-hydrogen) atoms. The first-order valence-electron chi connectivity index (χ1n) is 6.38. The Morgan fingerprint density at radius 3 is 2.37 bits per heavy atom. The first kappa shape index (κ1) is 13.9. The summed E-state index contributed by atoms with van der Waals surface area (Å²) in [5, 5.41) is -0.0664. The Kier molecular flexibility index (Phi) is 4.15. The van der Waals surface area contributed by atoms with Crippen LogP contribution in [0.15, 0.2) is 24.3 Å². The van der Waals surface area contributed by atoms with Gasteiger partial charge in [-0.05, 0) is 37.1 Å². The van der Waals surface area contributed by atoms with Crippen molar-refractivity contribution in [1.29, 1.82) is 0 Å². The normalized spacial score (nSPS) is 12.7. The summed E-state index contributed by atoms with van der Waals surface area (Å²) in [7, 11) is 1.66. The zero-order valence-electron chi connectivity index (χ0n) is 11.7. The van der Waals surface area contributed by atoms with E-state index in [-0.39, 0.29) is 5.38 Å². The van der Waals surface area contributed by atoms with E-state index in [1.165, 1.54) is 0 Å². The molecule has 1 unspecified atom stereocenters. The molecule has 0 saturated heterocycles. The van der Waals surface area contributed by atoms with E-state index in [4.69, 9.17) is 16.3 Å². The van der Waals surface area contributed by atoms with Crippen molar-refractivity contribution >= 4 is 11.6 Å². The van der Waals surface area contributed by atoms with Gasteiger partial charge in [0.1, 0.15) is 11.6 Å². The molecule has 1 N–H and O–H groups in total. The fraction of sp³-hybridized carbons (Fsp3) is 0.400. The van der Waals surface area contributed by atoms with Crippen molar-refractivity contribution in [3.05, 3.63) is 35.7 Å². The van der Waals surface area contributed by atoms with E-state index in [0.29, 0.717) is 5.92 Å². The molecule has 0 saturated carbocycles. The summed E-state index contributed by atoms with van der Waals surface area (Å²) in [4.78, 5) is 7.93. The van der Waals surface area contributed by atoms with Crippen LogP contribution in [0.25, 0.3) is 11.4 Å². The third-order valence-electron chi connectivity index (χ3n) is 3.13. The predicted octanol–water partition coefficient (Wildman–Crippen LogP) is 4.33. The lowest BCUT2D eigenvalue weighted by molar-refractivity contribution is 0.415. The number of rotatable bonds is 4. The van der Waals surface area contributed by atoms with Crippen LogP contribution >= 0.6 is 11.6 Å². The summed E-state index contributed by atoms with van der Waals surface area (Å²) in [5.41, 5.74) is 2.99. The van der Waals surface area contributed by atoms with Crippen LogP contribution in [0.5, 0.6) is 5.75 Å². The number of benzene rings is 1. The molecule has 0 spiro atoms. The van der Waals surface area contributed by atoms with Gasteiger partial charge in [-0.25, -0.2) is 4.98 Å². The number of nitrogens with one attached hydrogen (secondary N) is 1. The van der Waals surface area contributed by atoms with Gasteiger partial charge in [-0.15, -0.1) is 11.6 Å². The fourth-order valence-corrected chi connectivity index (χ4v) is 2.16. The second-order valence-corrected chi connectivity index (χ2v) is 5.44. The number of halogens is 1. The van der Waals surface area contributed by atoms with E-state index < -0.39 is 0 Å². The minimum atomic E-state index is -0.0664. The number of aryl methyl sites for hydroxylation is 1. The van der Waals surface area contributed by atoms with Gasteiger partial charge in [0.25, 0.3) is 0 Å². The van der Waals surface area contributed by atoms with Crippen LogP contribution in [0.2, 0.25) is 0 Å². The average Bonchev–Trinajstić information content (AvgIpc) is 2.80. The Balaban J connectivity index is 2.33. The number of nitrogens with zero attached hydrogens (tertiary/aromatic N) is 1. The Hall–Kier alpha value is -1.48. The molecule has 0 aliphatic heterocycles. The number of hydrogen-bond donors (Lipinski definition) is 1. The Labute approximate surface area is 119 Å². The van der Waals surface area contributed by atoms with E-state index in [1.54, 1.807) is 7.11 Å². The van der Waals surface area contributed by atoms with Crippen LogP contribution < -0.4 is 4.74 Å². The molecule has 0 amide bonds. The predicted molar refractivity (Wildman–Crippen MR) is 78.7 cm³/mol. The Morgan fingerprint density at radius 1 is 1.21 bits per heavy atom. The quantitative estimate of drug-likeness (QED) is 0.845. The fourth-order valence-electron chi connectivity index (χ4n) is 1.94. The number of imidazole rings is 1. The first-order chi connectivity index (χ1) is 9.02. The molecular weight excluding hydrogens is 260 g/mol. The van der Waals surface area contributed by atoms with Crippen molar-refractivity contribution < 1.29 is 4.74 Å². The molecule has 0 radical (unpaired) electrons. The molecule has 2 aromatic rings. The molecule has 4 heteroatoms. The highest BCUT2D eigenvalue weighted by molar-refractivity contribution is 6.20. The van der Waals surface area contributed by atoms with Gasteiger partial charge >= 0.3 is 0 Å². The zero-order chi connectivity index (χ0) is 14.0. The highest BCUT2D eigenvalue weighted by Gasteiger charge is 2.19. The van der Waals surface area contributed by atoms with Crippen LogP contribution in [0.1, 0.15) is 30.6 Å². The summed E-state index contributed by atoms with van der Waals surface area (Å²) in [6.45, 7) is 6.20. The number of aromatic nitrogens is 2. The maximum absolute atomic E-state index is 6.39. The number of H-pyrrole nitrogens is 1. The Bertz CT molecular complexity index is 546. The summed E-state index contributed by atoms with van der Waals surface area (Å²) < 4.78 is 5.15. The smallest absolute Gasteiger partial charge is 0.137 e. The molecule has 1 heterocycles. The van der Waals surface area contributed by atoms with Gasteiger partial charge in [0.2, 0.25) is 0 Å². The van der Waals surface area contributed by atoms with Gasteiger partial charge in [-0.1, -0.05) is 13.8 Å². The molecule has 102 valence electrons. The molecular formula is C15H19ClN2O. The van der Waals surface area contributed by atoms with Crippen molar-refractivity contribution in [1.82, 2.24) is 9.97 Å². The van der Waals surface area contributed by atoms with Crippen LogP contribution in [-0.4, -0.2) is 17.1 Å². The second kappa shape index (κ2) is 5.66. The third kappa shape index (κ3) is 2.92. The van der Waals surface area contributed by atoms with Crippen LogP contribution in [0.3, 0.4) is 0 Å². The van der Waals surface area contributed by atoms with Crippen LogP contribution in [0.4, 0.5) is 0 Å². The lowest BCUT2D eigenvalue weighted by atomic mass is 10.1. The second-order valence-electron chi connectivity index (χ2n) is 4.97. The van der Waals surface area contributed by atoms with Crippen molar-refractivity contribution in [3.63, 3.8) is 0 Å². The Morgan fingerprint density at radius 2 is 1.84 bits per heavy atom. The van der Waals surface area contributed by atoms with Crippen molar-refractivity contribution in [2.45, 2.75) is 26.1 Å². The highest BCUT2D eigenvalue weighted by Crippen LogP contribution is 2.31. The number of methoxy groups -OCH3 is 1. The lowest BCUT2D eigenvalue weighted by Crippen LogP contribution is -2.01. The summed E-state index contributed by atoms with van der Waals surface area (Å²) in [6, 6.07) is 7.82. The maximum atomic E-state index is 6.39. The largest absolute Gasteiger partial charge is 0.497 e. The van der Waals surface area contributed by atoms with Gasteiger partial charge in [0, 0.05) is 11.3 Å². The molecule has 1 aromatic carbocycles. The van der Waals surface area contributed by atoms with Gasteiger partial charge in [-0.2, -0.15) is 0 Å². The SMILES string of the molecule is COc1ccc(-c2nc(C(Cl)C(C)C)c(C)[nH]2)cc1. The maximum Gasteiger partial charge on any atom is 0.137 e. The standard InChI is InChI=1S/C15H19ClN2O/c1-9(2)13(16)14-10(3)17-15(18-14)11-5-7-12(19-4)8-6-11/h5-9,13H,1-4H3,(H,17,18). The van der Waals surface area contributed by atoms with E-state index in [2.05, 4.69) is 23.8 Å².